The Morgan fingerprint density at radius 3 is 2.95 bits per heavy atom. The van der Waals surface area contributed by atoms with Crippen LogP contribution in [-0.2, 0) is 11.2 Å². The van der Waals surface area contributed by atoms with E-state index in [1.165, 1.54) is 5.56 Å². The fourth-order valence-electron chi connectivity index (χ4n) is 2.49. The zero-order valence-electron chi connectivity index (χ0n) is 12.1. The van der Waals surface area contributed by atoms with Gasteiger partial charge in [0.25, 0.3) is 0 Å². The molecule has 0 spiro atoms. The van der Waals surface area contributed by atoms with Gasteiger partial charge in [0.15, 0.2) is 5.96 Å². The van der Waals surface area contributed by atoms with Gasteiger partial charge in [-0.1, -0.05) is 18.2 Å². The predicted octanol–water partition coefficient (Wildman–Crippen LogP) is 1.15. The Hall–Kier alpha value is -2.04. The summed E-state index contributed by atoms with van der Waals surface area (Å²) in [5.74, 6) is 0.869. The molecule has 0 aromatic heterocycles. The second-order valence-corrected chi connectivity index (χ2v) is 4.78. The first-order valence-electron chi connectivity index (χ1n) is 7.03. The maximum atomic E-state index is 12.3. The van der Waals surface area contributed by atoms with E-state index in [4.69, 9.17) is 0 Å². The minimum absolute atomic E-state index is 0.163. The van der Waals surface area contributed by atoms with Gasteiger partial charge in [-0.25, -0.2) is 0 Å². The summed E-state index contributed by atoms with van der Waals surface area (Å²) in [6, 6.07) is 8.17. The third-order valence-electron chi connectivity index (χ3n) is 3.50. The van der Waals surface area contributed by atoms with E-state index in [1.807, 2.05) is 23.1 Å². The number of aryl methyl sites for hydroxylation is 1. The molecule has 0 saturated heterocycles. The summed E-state index contributed by atoms with van der Waals surface area (Å²) in [5.41, 5.74) is 2.34. The summed E-state index contributed by atoms with van der Waals surface area (Å²) in [4.78, 5) is 18.3. The van der Waals surface area contributed by atoms with Gasteiger partial charge in [-0.3, -0.25) is 9.79 Å². The Labute approximate surface area is 120 Å². The van der Waals surface area contributed by atoms with Crippen LogP contribution in [0.3, 0.4) is 0 Å². The van der Waals surface area contributed by atoms with Crippen LogP contribution in [0, 0.1) is 0 Å². The van der Waals surface area contributed by atoms with Gasteiger partial charge in [0, 0.05) is 39.3 Å². The molecule has 1 aliphatic rings. The van der Waals surface area contributed by atoms with Gasteiger partial charge in [0.1, 0.15) is 0 Å². The minimum Gasteiger partial charge on any atom is -0.359 e. The molecule has 1 aromatic carbocycles. The van der Waals surface area contributed by atoms with E-state index in [2.05, 4.69) is 21.7 Å². The minimum atomic E-state index is 0.163. The Morgan fingerprint density at radius 1 is 1.40 bits per heavy atom. The first kappa shape index (κ1) is 14.4. The number of benzene rings is 1. The first-order chi connectivity index (χ1) is 9.76. The smallest absolute Gasteiger partial charge is 0.228 e. The van der Waals surface area contributed by atoms with Crippen molar-refractivity contribution in [3.63, 3.8) is 0 Å². The highest BCUT2D eigenvalue weighted by molar-refractivity contribution is 5.95. The monoisotopic (exact) mass is 274 g/mol. The highest BCUT2D eigenvalue weighted by Gasteiger charge is 2.21. The molecule has 0 saturated carbocycles. The molecule has 1 aliphatic heterocycles. The lowest BCUT2D eigenvalue weighted by Gasteiger charge is -2.29. The normalized spacial score (nSPS) is 14.7. The van der Waals surface area contributed by atoms with Gasteiger partial charge in [0.2, 0.25) is 5.91 Å². The van der Waals surface area contributed by atoms with E-state index in [1.54, 1.807) is 14.1 Å². The maximum Gasteiger partial charge on any atom is 0.228 e. The predicted molar refractivity (Wildman–Crippen MR) is 82.2 cm³/mol. The number of amides is 1. The van der Waals surface area contributed by atoms with Gasteiger partial charge < -0.3 is 15.5 Å². The lowest BCUT2D eigenvalue weighted by Crippen LogP contribution is -2.40. The highest BCUT2D eigenvalue weighted by atomic mass is 16.2. The van der Waals surface area contributed by atoms with Crippen molar-refractivity contribution in [2.75, 3.05) is 32.1 Å². The quantitative estimate of drug-likeness (QED) is 0.642. The number of carbonyl (C=O) groups is 1. The molecule has 2 N–H and O–H groups in total. The number of nitrogens with one attached hydrogen (secondary N) is 2. The van der Waals surface area contributed by atoms with Crippen LogP contribution in [0.25, 0.3) is 0 Å². The molecule has 0 atom stereocenters. The van der Waals surface area contributed by atoms with Crippen molar-refractivity contribution < 1.29 is 4.79 Å². The van der Waals surface area contributed by atoms with Crippen molar-refractivity contribution in [2.24, 2.45) is 4.99 Å². The molecular formula is C15H22N4O. The molecule has 0 aliphatic carbocycles. The van der Waals surface area contributed by atoms with Crippen LogP contribution >= 0.6 is 0 Å². The van der Waals surface area contributed by atoms with Crippen molar-refractivity contribution in [1.29, 1.82) is 0 Å². The topological polar surface area (TPSA) is 56.7 Å². The summed E-state index contributed by atoms with van der Waals surface area (Å²) < 4.78 is 0. The van der Waals surface area contributed by atoms with E-state index < -0.39 is 0 Å². The molecule has 5 nitrogen and oxygen atoms in total. The van der Waals surface area contributed by atoms with Crippen molar-refractivity contribution in [3.05, 3.63) is 29.8 Å². The van der Waals surface area contributed by atoms with E-state index >= 15 is 0 Å². The number of hydrogen-bond acceptors (Lipinski definition) is 2. The Balaban J connectivity index is 1.94. The van der Waals surface area contributed by atoms with E-state index in [0.29, 0.717) is 18.9 Å². The standard InChI is InChI=1S/C15H22N4O/c1-16-15(17-2)18-10-9-14(20)19-11-5-7-12-6-3-4-8-13(12)19/h3-4,6,8H,5,7,9-11H2,1-2H3,(H2,16,17,18). The molecular weight excluding hydrogens is 252 g/mol. The zero-order valence-corrected chi connectivity index (χ0v) is 12.1. The number of carbonyl (C=O) groups excluding carboxylic acids is 1. The average molecular weight is 274 g/mol. The fourth-order valence-corrected chi connectivity index (χ4v) is 2.49. The Bertz CT molecular complexity index is 498. The van der Waals surface area contributed by atoms with Crippen molar-refractivity contribution in [3.8, 4) is 0 Å². The number of aliphatic imine (C=N–C) groups is 1. The molecule has 108 valence electrons. The zero-order chi connectivity index (χ0) is 14.4. The number of anilines is 1. The highest BCUT2D eigenvalue weighted by Crippen LogP contribution is 2.26. The number of nitrogens with zero attached hydrogens (tertiary/aromatic N) is 2. The van der Waals surface area contributed by atoms with Gasteiger partial charge in [-0.05, 0) is 24.5 Å². The Kier molecular flexibility index (Phi) is 4.98. The fraction of sp³-hybridized carbons (Fsp3) is 0.467. The molecule has 0 radical (unpaired) electrons. The SMILES string of the molecule is CN=C(NC)NCCC(=O)N1CCCc2ccccc21. The van der Waals surface area contributed by atoms with E-state index in [9.17, 15) is 4.79 Å². The van der Waals surface area contributed by atoms with E-state index in [0.717, 1.165) is 25.1 Å². The van der Waals surface area contributed by atoms with Crippen molar-refractivity contribution >= 4 is 17.6 Å². The molecule has 1 amide bonds. The van der Waals surface area contributed by atoms with Crippen LogP contribution in [0.4, 0.5) is 5.69 Å². The van der Waals surface area contributed by atoms with Crippen LogP contribution < -0.4 is 15.5 Å². The summed E-state index contributed by atoms with van der Waals surface area (Å²) >= 11 is 0. The Morgan fingerprint density at radius 2 is 2.20 bits per heavy atom. The third-order valence-corrected chi connectivity index (χ3v) is 3.50. The summed E-state index contributed by atoms with van der Waals surface area (Å²) in [7, 11) is 3.51. The largest absolute Gasteiger partial charge is 0.359 e. The molecule has 0 unspecified atom stereocenters. The van der Waals surface area contributed by atoms with Crippen LogP contribution in [0.15, 0.2) is 29.3 Å². The van der Waals surface area contributed by atoms with Gasteiger partial charge in [-0.15, -0.1) is 0 Å². The lowest BCUT2D eigenvalue weighted by molar-refractivity contribution is -0.118. The van der Waals surface area contributed by atoms with Crippen LogP contribution in [0.1, 0.15) is 18.4 Å². The molecule has 0 bridgehead atoms. The molecule has 1 aromatic rings. The summed E-state index contributed by atoms with van der Waals surface area (Å²) in [5, 5.41) is 6.04. The molecule has 0 fully saturated rings. The van der Waals surface area contributed by atoms with Crippen LogP contribution in [-0.4, -0.2) is 39.1 Å². The molecule has 1 heterocycles. The number of hydrogen-bond donors (Lipinski definition) is 2. The summed E-state index contributed by atoms with van der Waals surface area (Å²) in [6.45, 7) is 1.40. The number of guanidine groups is 1. The number of para-hydroxylation sites is 1. The second-order valence-electron chi connectivity index (χ2n) is 4.78. The van der Waals surface area contributed by atoms with Crippen molar-refractivity contribution in [2.45, 2.75) is 19.3 Å². The summed E-state index contributed by atoms with van der Waals surface area (Å²) in [6.07, 6.45) is 2.56. The van der Waals surface area contributed by atoms with E-state index in [-0.39, 0.29) is 5.91 Å². The van der Waals surface area contributed by atoms with Crippen LogP contribution in [0.2, 0.25) is 0 Å². The first-order valence-corrected chi connectivity index (χ1v) is 7.03. The van der Waals surface area contributed by atoms with Crippen molar-refractivity contribution in [1.82, 2.24) is 10.6 Å². The molecule has 20 heavy (non-hydrogen) atoms. The lowest BCUT2D eigenvalue weighted by atomic mass is 10.0. The van der Waals surface area contributed by atoms with Gasteiger partial charge in [-0.2, -0.15) is 0 Å². The number of fused-ring (bicyclic) bond motifs is 1. The van der Waals surface area contributed by atoms with Gasteiger partial charge >= 0.3 is 0 Å². The third kappa shape index (κ3) is 3.29. The average Bonchev–Trinajstić information content (AvgIpc) is 2.51. The van der Waals surface area contributed by atoms with Gasteiger partial charge in [0.05, 0.1) is 0 Å². The second kappa shape index (κ2) is 6.93. The molecule has 5 heteroatoms. The van der Waals surface area contributed by atoms with Crippen LogP contribution in [0.5, 0.6) is 0 Å². The maximum absolute atomic E-state index is 12.3. The molecule has 2 rings (SSSR count). The number of rotatable bonds is 3.